The second-order valence-electron chi connectivity index (χ2n) is 6.91. The van der Waals surface area contributed by atoms with Gasteiger partial charge in [0.25, 0.3) is 0 Å². The van der Waals surface area contributed by atoms with E-state index in [2.05, 4.69) is 64.4 Å². The van der Waals surface area contributed by atoms with E-state index in [0.717, 1.165) is 33.6 Å². The number of rotatable bonds is 3. The van der Waals surface area contributed by atoms with E-state index in [9.17, 15) is 4.79 Å². The van der Waals surface area contributed by atoms with Crippen LogP contribution in [0.25, 0.3) is 22.0 Å². The summed E-state index contributed by atoms with van der Waals surface area (Å²) in [5, 5.41) is 7.71. The van der Waals surface area contributed by atoms with Crippen molar-refractivity contribution in [1.29, 1.82) is 0 Å². The first kappa shape index (κ1) is 16.4. The van der Waals surface area contributed by atoms with Gasteiger partial charge in [0.05, 0.1) is 17.9 Å². The van der Waals surface area contributed by atoms with Crippen LogP contribution in [0.3, 0.4) is 0 Å². The number of carbonyl (C=O) groups is 1. The van der Waals surface area contributed by atoms with Gasteiger partial charge in [-0.2, -0.15) is 0 Å². The summed E-state index contributed by atoms with van der Waals surface area (Å²) in [6.45, 7) is 6.23. The maximum atomic E-state index is 12.1. The van der Waals surface area contributed by atoms with Crippen molar-refractivity contribution in [2.24, 2.45) is 12.0 Å². The molecule has 26 heavy (non-hydrogen) atoms. The normalized spacial score (nSPS) is 16.5. The average molecular weight is 346 g/mol. The van der Waals surface area contributed by atoms with Crippen molar-refractivity contribution >= 4 is 34.9 Å². The van der Waals surface area contributed by atoms with Gasteiger partial charge in [0.15, 0.2) is 0 Å². The average Bonchev–Trinajstić information content (AvgIpc) is 2.83. The van der Waals surface area contributed by atoms with Crippen LogP contribution >= 0.6 is 0 Å². The molecular weight excluding hydrogens is 324 g/mol. The highest BCUT2D eigenvalue weighted by Gasteiger charge is 2.21. The van der Waals surface area contributed by atoms with Crippen LogP contribution in [0.15, 0.2) is 47.6 Å². The highest BCUT2D eigenvalue weighted by molar-refractivity contribution is 6.05. The van der Waals surface area contributed by atoms with Gasteiger partial charge >= 0.3 is 0 Å². The Morgan fingerprint density at radius 1 is 1.27 bits per heavy atom. The molecule has 0 aliphatic carbocycles. The van der Waals surface area contributed by atoms with Crippen LogP contribution in [0.1, 0.15) is 18.9 Å². The van der Waals surface area contributed by atoms with Crippen LogP contribution in [-0.4, -0.2) is 23.2 Å². The molecule has 0 unspecified atom stereocenters. The lowest BCUT2D eigenvalue weighted by Gasteiger charge is -2.16. The fourth-order valence-electron chi connectivity index (χ4n) is 3.68. The number of aryl methyl sites for hydroxylation is 1. The zero-order valence-electron chi connectivity index (χ0n) is 15.0. The molecule has 2 heterocycles. The Hall–Kier alpha value is -3.08. The fraction of sp³-hybridized carbons (Fsp3) is 0.238. The third-order valence-electron chi connectivity index (χ3n) is 4.86. The Balaban J connectivity index is 1.90. The number of nitrogens with zero attached hydrogens (tertiary/aromatic N) is 2. The lowest BCUT2D eigenvalue weighted by atomic mass is 10.0. The molecule has 0 spiro atoms. The summed E-state index contributed by atoms with van der Waals surface area (Å²) in [7, 11) is 2.05. The molecule has 1 atom stereocenters. The number of aliphatic imine (C=N–C) groups is 1. The molecule has 5 nitrogen and oxygen atoms in total. The smallest absolute Gasteiger partial charge is 0.226 e. The Bertz CT molecular complexity index is 1020. The van der Waals surface area contributed by atoms with Crippen LogP contribution in [0.4, 0.5) is 11.4 Å². The zero-order chi connectivity index (χ0) is 18.3. The molecule has 2 N–H and O–H groups in total. The number of carbonyl (C=O) groups excluding carboxylic acids is 1. The number of anilines is 2. The summed E-state index contributed by atoms with van der Waals surface area (Å²) >= 11 is 0. The van der Waals surface area contributed by atoms with E-state index >= 15 is 0 Å². The van der Waals surface area contributed by atoms with E-state index < -0.39 is 0 Å². The first-order valence-electron chi connectivity index (χ1n) is 8.77. The third kappa shape index (κ3) is 2.75. The van der Waals surface area contributed by atoms with Crippen molar-refractivity contribution in [2.75, 3.05) is 10.6 Å². The second kappa shape index (κ2) is 6.33. The predicted molar refractivity (Wildman–Crippen MR) is 108 cm³/mol. The van der Waals surface area contributed by atoms with Crippen LogP contribution in [0.5, 0.6) is 0 Å². The van der Waals surface area contributed by atoms with Crippen molar-refractivity contribution in [3.63, 3.8) is 0 Å². The van der Waals surface area contributed by atoms with Crippen molar-refractivity contribution < 1.29 is 4.79 Å². The lowest BCUT2D eigenvalue weighted by molar-refractivity contribution is -0.116. The van der Waals surface area contributed by atoms with E-state index in [1.165, 1.54) is 5.39 Å². The van der Waals surface area contributed by atoms with Crippen molar-refractivity contribution in [3.8, 4) is 11.1 Å². The molecule has 5 heteroatoms. The van der Waals surface area contributed by atoms with Crippen LogP contribution < -0.4 is 10.6 Å². The molecule has 1 aliphatic heterocycles. The molecule has 0 saturated carbocycles. The topological polar surface area (TPSA) is 58.4 Å². The first-order valence-corrected chi connectivity index (χ1v) is 8.77. The summed E-state index contributed by atoms with van der Waals surface area (Å²) in [5.74, 6) is 0.0420. The first-order chi connectivity index (χ1) is 12.6. The van der Waals surface area contributed by atoms with Crippen LogP contribution in [-0.2, 0) is 18.4 Å². The SMILES string of the molecule is C=NCc1ccc2c(-c3cccc4c3N[C@H](C)CC(=O)N4)cn(C)c2c1. The Morgan fingerprint density at radius 3 is 2.92 bits per heavy atom. The fourth-order valence-corrected chi connectivity index (χ4v) is 3.68. The van der Waals surface area contributed by atoms with E-state index in [1.807, 2.05) is 19.1 Å². The molecular formula is C21H22N4O. The van der Waals surface area contributed by atoms with Gasteiger partial charge in [0.2, 0.25) is 5.91 Å². The van der Waals surface area contributed by atoms with Gasteiger partial charge in [-0.1, -0.05) is 24.3 Å². The molecule has 1 aliphatic rings. The summed E-state index contributed by atoms with van der Waals surface area (Å²) in [6.07, 6.45) is 2.60. The van der Waals surface area contributed by atoms with Gasteiger partial charge in [-0.25, -0.2) is 0 Å². The third-order valence-corrected chi connectivity index (χ3v) is 4.86. The monoisotopic (exact) mass is 346 g/mol. The van der Waals surface area contributed by atoms with E-state index in [0.29, 0.717) is 13.0 Å². The van der Waals surface area contributed by atoms with Gasteiger partial charge in [0, 0.05) is 47.7 Å². The molecule has 0 radical (unpaired) electrons. The largest absolute Gasteiger partial charge is 0.380 e. The highest BCUT2D eigenvalue weighted by atomic mass is 16.1. The number of para-hydroxylation sites is 1. The van der Waals surface area contributed by atoms with E-state index in [1.54, 1.807) is 0 Å². The molecule has 1 amide bonds. The second-order valence-corrected chi connectivity index (χ2v) is 6.91. The molecule has 4 rings (SSSR count). The zero-order valence-corrected chi connectivity index (χ0v) is 15.0. The van der Waals surface area contributed by atoms with Crippen molar-refractivity contribution in [3.05, 3.63) is 48.2 Å². The van der Waals surface area contributed by atoms with Gasteiger partial charge in [0.1, 0.15) is 0 Å². The summed E-state index contributed by atoms with van der Waals surface area (Å²) in [4.78, 5) is 16.0. The number of hydrogen-bond donors (Lipinski definition) is 2. The van der Waals surface area contributed by atoms with Gasteiger partial charge in [-0.05, 0) is 31.3 Å². The van der Waals surface area contributed by atoms with E-state index in [-0.39, 0.29) is 11.9 Å². The number of hydrogen-bond acceptors (Lipinski definition) is 3. The predicted octanol–water partition coefficient (Wildman–Crippen LogP) is 4.19. The van der Waals surface area contributed by atoms with Gasteiger partial charge in [-0.3, -0.25) is 9.79 Å². The maximum absolute atomic E-state index is 12.1. The lowest BCUT2D eigenvalue weighted by Crippen LogP contribution is -2.19. The Morgan fingerprint density at radius 2 is 2.12 bits per heavy atom. The quantitative estimate of drug-likeness (QED) is 0.699. The number of benzene rings is 2. The molecule has 0 fully saturated rings. The maximum Gasteiger partial charge on any atom is 0.226 e. The van der Waals surface area contributed by atoms with Crippen LogP contribution in [0, 0.1) is 0 Å². The minimum Gasteiger partial charge on any atom is -0.380 e. The van der Waals surface area contributed by atoms with Gasteiger partial charge < -0.3 is 15.2 Å². The van der Waals surface area contributed by atoms with Crippen molar-refractivity contribution in [2.45, 2.75) is 25.9 Å². The van der Waals surface area contributed by atoms with E-state index in [4.69, 9.17) is 0 Å². The van der Waals surface area contributed by atoms with Crippen LogP contribution in [0.2, 0.25) is 0 Å². The molecule has 132 valence electrons. The van der Waals surface area contributed by atoms with Crippen molar-refractivity contribution in [1.82, 2.24) is 4.57 Å². The standard InChI is InChI=1S/C21H22N4O/c1-13-9-20(26)24-18-6-4-5-16(21(18)23-13)17-12-25(3)19-10-14(11-22-2)7-8-15(17)19/h4-8,10,12-13,23H,2,9,11H2,1,3H3,(H,24,26)/t13-/m1/s1. The minimum atomic E-state index is 0.0420. The molecule has 3 aromatic rings. The highest BCUT2D eigenvalue weighted by Crippen LogP contribution is 2.40. The summed E-state index contributed by atoms with van der Waals surface area (Å²) < 4.78 is 2.13. The summed E-state index contributed by atoms with van der Waals surface area (Å²) in [6, 6.07) is 12.5. The number of nitrogens with one attached hydrogen (secondary N) is 2. The molecule has 0 saturated heterocycles. The Labute approximate surface area is 152 Å². The number of aromatic nitrogens is 1. The molecule has 0 bridgehead atoms. The summed E-state index contributed by atoms with van der Waals surface area (Å²) in [5.41, 5.74) is 6.36. The Kier molecular flexibility index (Phi) is 3.99. The number of fused-ring (bicyclic) bond motifs is 2. The molecule has 2 aromatic carbocycles. The van der Waals surface area contributed by atoms with Gasteiger partial charge in [-0.15, -0.1) is 0 Å². The molecule has 1 aromatic heterocycles. The minimum absolute atomic E-state index is 0.0420. The number of amides is 1.